The molecule has 6 nitrogen and oxygen atoms in total. The van der Waals surface area contributed by atoms with E-state index in [1.165, 1.54) is 9.87 Å². The lowest BCUT2D eigenvalue weighted by molar-refractivity contribution is -0.120. The Labute approximate surface area is 172 Å². The van der Waals surface area contributed by atoms with Gasteiger partial charge in [0.05, 0.1) is 17.9 Å². The van der Waals surface area contributed by atoms with E-state index in [1.54, 1.807) is 24.3 Å². The molecule has 0 aliphatic carbocycles. The van der Waals surface area contributed by atoms with Crippen molar-refractivity contribution in [2.45, 2.75) is 38.0 Å². The number of aryl methyl sites for hydroxylation is 2. The van der Waals surface area contributed by atoms with Crippen molar-refractivity contribution in [3.8, 4) is 5.75 Å². The second kappa shape index (κ2) is 9.41. The minimum absolute atomic E-state index is 0.0485. The van der Waals surface area contributed by atoms with Gasteiger partial charge in [-0.05, 0) is 62.1 Å². The van der Waals surface area contributed by atoms with Crippen molar-refractivity contribution < 1.29 is 17.9 Å². The second-order valence-corrected chi connectivity index (χ2v) is 9.33. The molecule has 2 aromatic carbocycles. The lowest BCUT2D eigenvalue weighted by Crippen LogP contribution is -2.29. The zero-order chi connectivity index (χ0) is 20.9. The Balaban J connectivity index is 1.44. The van der Waals surface area contributed by atoms with Crippen molar-refractivity contribution in [2.75, 3.05) is 26.2 Å². The Morgan fingerprint density at radius 1 is 1.07 bits per heavy atom. The third-order valence-corrected chi connectivity index (χ3v) is 6.98. The topological polar surface area (TPSA) is 75.7 Å². The first-order chi connectivity index (χ1) is 13.9. The van der Waals surface area contributed by atoms with Crippen molar-refractivity contribution in [3.63, 3.8) is 0 Å². The van der Waals surface area contributed by atoms with Gasteiger partial charge in [0.25, 0.3) is 0 Å². The molecule has 0 spiro atoms. The van der Waals surface area contributed by atoms with Gasteiger partial charge in [-0.1, -0.05) is 23.8 Å². The molecule has 0 saturated carbocycles. The Morgan fingerprint density at radius 3 is 2.41 bits per heavy atom. The van der Waals surface area contributed by atoms with Crippen LogP contribution in [-0.4, -0.2) is 44.9 Å². The fourth-order valence-corrected chi connectivity index (χ4v) is 4.94. The predicted octanol–water partition coefficient (Wildman–Crippen LogP) is 2.83. The van der Waals surface area contributed by atoms with E-state index < -0.39 is 10.0 Å². The van der Waals surface area contributed by atoms with Crippen LogP contribution in [0.3, 0.4) is 0 Å². The van der Waals surface area contributed by atoms with E-state index in [2.05, 4.69) is 11.4 Å². The number of rotatable bonds is 8. The maximum atomic E-state index is 12.5. The molecular formula is C22H28N2O4S. The van der Waals surface area contributed by atoms with Crippen LogP contribution in [0.15, 0.2) is 47.4 Å². The van der Waals surface area contributed by atoms with Gasteiger partial charge >= 0.3 is 0 Å². The number of amides is 1. The molecular weight excluding hydrogens is 388 g/mol. The highest BCUT2D eigenvalue weighted by Crippen LogP contribution is 2.22. The quantitative estimate of drug-likeness (QED) is 0.672. The molecule has 2 aromatic rings. The van der Waals surface area contributed by atoms with Crippen molar-refractivity contribution >= 4 is 15.9 Å². The minimum Gasteiger partial charge on any atom is -0.492 e. The highest BCUT2D eigenvalue weighted by atomic mass is 32.2. The van der Waals surface area contributed by atoms with E-state index >= 15 is 0 Å². The maximum absolute atomic E-state index is 12.5. The fraction of sp³-hybridized carbons (Fsp3) is 0.409. The van der Waals surface area contributed by atoms with E-state index in [0.717, 1.165) is 24.0 Å². The van der Waals surface area contributed by atoms with E-state index in [-0.39, 0.29) is 10.8 Å². The average Bonchev–Trinajstić information content (AvgIpc) is 3.24. The number of hydrogen-bond donors (Lipinski definition) is 1. The molecule has 29 heavy (non-hydrogen) atoms. The van der Waals surface area contributed by atoms with E-state index in [1.807, 2.05) is 26.0 Å². The summed E-state index contributed by atoms with van der Waals surface area (Å²) in [6, 6.07) is 12.5. The molecule has 0 bridgehead atoms. The predicted molar refractivity (Wildman–Crippen MR) is 113 cm³/mol. The molecule has 156 valence electrons. The molecule has 7 heteroatoms. The van der Waals surface area contributed by atoms with E-state index in [4.69, 9.17) is 4.74 Å². The van der Waals surface area contributed by atoms with Gasteiger partial charge in [0, 0.05) is 13.1 Å². The zero-order valence-electron chi connectivity index (χ0n) is 17.0. The number of benzene rings is 2. The molecule has 3 rings (SSSR count). The van der Waals surface area contributed by atoms with Crippen LogP contribution < -0.4 is 10.1 Å². The Kier molecular flexibility index (Phi) is 6.92. The molecule has 0 radical (unpaired) electrons. The molecule has 1 heterocycles. The zero-order valence-corrected chi connectivity index (χ0v) is 17.8. The number of carbonyl (C=O) groups is 1. The van der Waals surface area contributed by atoms with Gasteiger partial charge in [-0.2, -0.15) is 4.31 Å². The number of ether oxygens (including phenoxy) is 1. The minimum atomic E-state index is -3.41. The molecule has 1 aliphatic heterocycles. The number of nitrogens with one attached hydrogen (secondary N) is 1. The van der Waals surface area contributed by atoms with Crippen LogP contribution in [0.2, 0.25) is 0 Å². The molecule has 1 saturated heterocycles. The van der Waals surface area contributed by atoms with Crippen LogP contribution in [0.1, 0.15) is 29.5 Å². The van der Waals surface area contributed by atoms with Gasteiger partial charge in [0.1, 0.15) is 12.4 Å². The van der Waals surface area contributed by atoms with Gasteiger partial charge in [0.15, 0.2) is 0 Å². The third-order valence-electron chi connectivity index (χ3n) is 5.07. The molecule has 1 amide bonds. The fourth-order valence-electron chi connectivity index (χ4n) is 3.42. The summed E-state index contributed by atoms with van der Waals surface area (Å²) in [7, 11) is -3.41. The summed E-state index contributed by atoms with van der Waals surface area (Å²) < 4.78 is 32.2. The first-order valence-corrected chi connectivity index (χ1v) is 11.4. The molecule has 0 atom stereocenters. The van der Waals surface area contributed by atoms with Gasteiger partial charge in [-0.25, -0.2) is 8.42 Å². The van der Waals surface area contributed by atoms with Crippen LogP contribution in [0.5, 0.6) is 5.75 Å². The standard InChI is InChI=1S/C22H28N2O4S/c1-17-5-6-19(18(2)15-17)16-22(25)23-11-14-28-20-7-9-21(10-8-20)29(26,27)24-12-3-4-13-24/h5-10,15H,3-4,11-14,16H2,1-2H3,(H,23,25). The smallest absolute Gasteiger partial charge is 0.243 e. The summed E-state index contributed by atoms with van der Waals surface area (Å²) in [5, 5.41) is 2.85. The number of carbonyl (C=O) groups excluding carboxylic acids is 1. The van der Waals surface area contributed by atoms with Crippen molar-refractivity contribution in [1.29, 1.82) is 0 Å². The largest absolute Gasteiger partial charge is 0.492 e. The van der Waals surface area contributed by atoms with Crippen LogP contribution in [0, 0.1) is 13.8 Å². The summed E-state index contributed by atoms with van der Waals surface area (Å²) in [6.07, 6.45) is 2.17. The van der Waals surface area contributed by atoms with Gasteiger partial charge in [-0.3, -0.25) is 4.79 Å². The van der Waals surface area contributed by atoms with E-state index in [9.17, 15) is 13.2 Å². The Bertz CT molecular complexity index is 949. The van der Waals surface area contributed by atoms with Crippen LogP contribution in [0.25, 0.3) is 0 Å². The Morgan fingerprint density at radius 2 is 1.76 bits per heavy atom. The monoisotopic (exact) mass is 416 g/mol. The van der Waals surface area contributed by atoms with Gasteiger partial charge in [0.2, 0.25) is 15.9 Å². The van der Waals surface area contributed by atoms with Crippen LogP contribution in [-0.2, 0) is 21.2 Å². The van der Waals surface area contributed by atoms with E-state index in [0.29, 0.717) is 38.4 Å². The van der Waals surface area contributed by atoms with Crippen LogP contribution in [0.4, 0.5) is 0 Å². The summed E-state index contributed by atoms with van der Waals surface area (Å²) in [5.74, 6) is 0.529. The number of hydrogen-bond acceptors (Lipinski definition) is 4. The highest BCUT2D eigenvalue weighted by Gasteiger charge is 2.26. The lowest BCUT2D eigenvalue weighted by Gasteiger charge is -2.15. The molecule has 1 aliphatic rings. The summed E-state index contributed by atoms with van der Waals surface area (Å²) in [5.41, 5.74) is 3.31. The maximum Gasteiger partial charge on any atom is 0.243 e. The van der Waals surface area contributed by atoms with Gasteiger partial charge in [-0.15, -0.1) is 0 Å². The first kappa shape index (κ1) is 21.3. The first-order valence-electron chi connectivity index (χ1n) is 9.92. The molecule has 1 N–H and O–H groups in total. The van der Waals surface area contributed by atoms with Crippen molar-refractivity contribution in [2.24, 2.45) is 0 Å². The summed E-state index contributed by atoms with van der Waals surface area (Å²) in [4.78, 5) is 12.4. The molecule has 1 fully saturated rings. The molecule has 0 unspecified atom stereocenters. The average molecular weight is 417 g/mol. The normalized spacial score (nSPS) is 14.7. The summed E-state index contributed by atoms with van der Waals surface area (Å²) in [6.45, 7) is 5.91. The van der Waals surface area contributed by atoms with Crippen molar-refractivity contribution in [1.82, 2.24) is 9.62 Å². The van der Waals surface area contributed by atoms with Gasteiger partial charge < -0.3 is 10.1 Å². The second-order valence-electron chi connectivity index (χ2n) is 7.39. The number of sulfonamides is 1. The van der Waals surface area contributed by atoms with Crippen molar-refractivity contribution in [3.05, 3.63) is 59.2 Å². The Hall–Kier alpha value is -2.38. The highest BCUT2D eigenvalue weighted by molar-refractivity contribution is 7.89. The number of nitrogens with zero attached hydrogens (tertiary/aromatic N) is 1. The SMILES string of the molecule is Cc1ccc(CC(=O)NCCOc2ccc(S(=O)(=O)N3CCCC3)cc2)c(C)c1. The molecule has 0 aromatic heterocycles. The lowest BCUT2D eigenvalue weighted by atomic mass is 10.0. The van der Waals surface area contributed by atoms with Crippen LogP contribution >= 0.6 is 0 Å². The summed E-state index contributed by atoms with van der Waals surface area (Å²) >= 11 is 0. The third kappa shape index (κ3) is 5.58.